The molecule has 1 N–H and O–H groups in total. The lowest BCUT2D eigenvalue weighted by Crippen LogP contribution is -2.20. The van der Waals surface area contributed by atoms with E-state index in [0.29, 0.717) is 17.1 Å². The minimum Gasteiger partial charge on any atom is -0.493 e. The van der Waals surface area contributed by atoms with Gasteiger partial charge in [-0.25, -0.2) is 0 Å². The highest BCUT2D eigenvalue weighted by Crippen LogP contribution is 2.34. The van der Waals surface area contributed by atoms with E-state index in [1.165, 1.54) is 32.6 Å². The second-order valence-corrected chi connectivity index (χ2v) is 5.21. The van der Waals surface area contributed by atoms with E-state index in [4.69, 9.17) is 14.3 Å². The van der Waals surface area contributed by atoms with Crippen LogP contribution >= 0.6 is 0 Å². The van der Waals surface area contributed by atoms with Crippen LogP contribution < -0.4 is 14.8 Å². The number of amides is 1. The number of hydrogen-bond donors (Lipinski definition) is 1. The summed E-state index contributed by atoms with van der Waals surface area (Å²) in [7, 11) is 2.99. The average Bonchev–Trinajstić information content (AvgIpc) is 2.64. The number of oxime groups is 1. The summed E-state index contributed by atoms with van der Waals surface area (Å²) >= 11 is 0. The Bertz CT molecular complexity index is 822. The molecule has 0 spiro atoms. The van der Waals surface area contributed by atoms with Gasteiger partial charge in [-0.05, 0) is 30.3 Å². The van der Waals surface area contributed by atoms with E-state index < -0.39 is 24.3 Å². The normalized spacial score (nSPS) is 11.3. The van der Waals surface area contributed by atoms with E-state index in [1.807, 2.05) is 0 Å². The number of methoxy groups -OCH3 is 2. The van der Waals surface area contributed by atoms with Crippen molar-refractivity contribution in [3.05, 3.63) is 53.6 Å². The molecule has 0 bridgehead atoms. The number of nitrogens with zero attached hydrogens (tertiary/aromatic N) is 1. The highest BCUT2D eigenvalue weighted by atomic mass is 19.4. The third-order valence-electron chi connectivity index (χ3n) is 3.39. The molecular weight excluding hydrogens is 365 g/mol. The van der Waals surface area contributed by atoms with Gasteiger partial charge in [0.15, 0.2) is 18.1 Å². The second kappa shape index (κ2) is 8.93. The fourth-order valence-electron chi connectivity index (χ4n) is 2.15. The highest BCUT2D eigenvalue weighted by Gasteiger charge is 2.33. The van der Waals surface area contributed by atoms with Gasteiger partial charge in [0.1, 0.15) is 0 Å². The van der Waals surface area contributed by atoms with Crippen LogP contribution in [0.15, 0.2) is 47.6 Å². The summed E-state index contributed by atoms with van der Waals surface area (Å²) in [4.78, 5) is 16.6. The molecule has 6 nitrogen and oxygen atoms in total. The summed E-state index contributed by atoms with van der Waals surface area (Å²) in [5.41, 5.74) is -0.662. The zero-order valence-corrected chi connectivity index (χ0v) is 14.5. The minimum absolute atomic E-state index is 0.345. The van der Waals surface area contributed by atoms with Crippen LogP contribution in [0.1, 0.15) is 11.1 Å². The van der Waals surface area contributed by atoms with Crippen LogP contribution in [0.4, 0.5) is 18.9 Å². The summed E-state index contributed by atoms with van der Waals surface area (Å²) in [6.45, 7) is -0.546. The third-order valence-corrected chi connectivity index (χ3v) is 3.39. The first-order valence-electron chi connectivity index (χ1n) is 7.68. The van der Waals surface area contributed by atoms with Crippen LogP contribution in [0.25, 0.3) is 0 Å². The largest absolute Gasteiger partial charge is 0.493 e. The van der Waals surface area contributed by atoms with Crippen LogP contribution in [0.2, 0.25) is 0 Å². The molecule has 0 saturated carbocycles. The molecule has 0 unspecified atom stereocenters. The van der Waals surface area contributed by atoms with Gasteiger partial charge in [-0.15, -0.1) is 0 Å². The minimum atomic E-state index is -4.57. The van der Waals surface area contributed by atoms with E-state index in [0.717, 1.165) is 12.1 Å². The predicted octanol–water partition coefficient (Wildman–Crippen LogP) is 3.71. The van der Waals surface area contributed by atoms with Crippen LogP contribution in [0.5, 0.6) is 11.5 Å². The number of carbonyl (C=O) groups is 1. The first-order valence-corrected chi connectivity index (χ1v) is 7.68. The molecule has 0 aromatic heterocycles. The van der Waals surface area contributed by atoms with E-state index >= 15 is 0 Å². The Morgan fingerprint density at radius 3 is 2.48 bits per heavy atom. The number of nitrogens with one attached hydrogen (secondary N) is 1. The summed E-state index contributed by atoms with van der Waals surface area (Å²) < 4.78 is 48.9. The molecule has 0 heterocycles. The van der Waals surface area contributed by atoms with Crippen molar-refractivity contribution in [2.24, 2.45) is 5.16 Å². The number of hydrogen-bond acceptors (Lipinski definition) is 5. The average molecular weight is 382 g/mol. The topological polar surface area (TPSA) is 69.2 Å². The first-order chi connectivity index (χ1) is 12.8. The SMILES string of the molecule is COc1ccc(/C=N\OCC(=O)Nc2ccccc2C(F)(F)F)cc1OC. The number of para-hydroxylation sites is 1. The van der Waals surface area contributed by atoms with Gasteiger partial charge in [-0.2, -0.15) is 13.2 Å². The van der Waals surface area contributed by atoms with E-state index in [9.17, 15) is 18.0 Å². The summed E-state index contributed by atoms with van der Waals surface area (Å²) in [6, 6.07) is 9.67. The molecule has 2 aromatic carbocycles. The molecule has 0 fully saturated rings. The van der Waals surface area contributed by atoms with Crippen molar-refractivity contribution in [3.63, 3.8) is 0 Å². The van der Waals surface area contributed by atoms with Crippen LogP contribution in [-0.4, -0.2) is 32.9 Å². The Morgan fingerprint density at radius 1 is 1.11 bits per heavy atom. The van der Waals surface area contributed by atoms with Crippen molar-refractivity contribution in [1.82, 2.24) is 0 Å². The van der Waals surface area contributed by atoms with Gasteiger partial charge in [-0.3, -0.25) is 4.79 Å². The smallest absolute Gasteiger partial charge is 0.418 e. The second-order valence-electron chi connectivity index (χ2n) is 5.21. The lowest BCUT2D eigenvalue weighted by atomic mass is 10.1. The Morgan fingerprint density at radius 2 is 1.81 bits per heavy atom. The predicted molar refractivity (Wildman–Crippen MR) is 93.2 cm³/mol. The third kappa shape index (κ3) is 5.63. The highest BCUT2D eigenvalue weighted by molar-refractivity contribution is 5.92. The number of alkyl halides is 3. The van der Waals surface area contributed by atoms with Crippen molar-refractivity contribution in [2.45, 2.75) is 6.18 Å². The Hall–Kier alpha value is -3.23. The molecule has 2 rings (SSSR count). The van der Waals surface area contributed by atoms with Crippen molar-refractivity contribution >= 4 is 17.8 Å². The first kappa shape index (κ1) is 20.1. The molecule has 2 aromatic rings. The van der Waals surface area contributed by atoms with Gasteiger partial charge in [0, 0.05) is 5.56 Å². The number of anilines is 1. The van der Waals surface area contributed by atoms with Gasteiger partial charge in [0.2, 0.25) is 0 Å². The summed E-state index contributed by atoms with van der Waals surface area (Å²) in [5, 5.41) is 5.78. The van der Waals surface area contributed by atoms with Crippen LogP contribution in [0, 0.1) is 0 Å². The Balaban J connectivity index is 1.93. The molecule has 0 atom stereocenters. The number of ether oxygens (including phenoxy) is 2. The molecule has 9 heteroatoms. The fourth-order valence-corrected chi connectivity index (χ4v) is 2.15. The maximum atomic E-state index is 12.9. The number of rotatable bonds is 7. The molecule has 27 heavy (non-hydrogen) atoms. The lowest BCUT2D eigenvalue weighted by molar-refractivity contribution is -0.137. The Labute approximate surface area is 153 Å². The van der Waals surface area contributed by atoms with Crippen molar-refractivity contribution in [1.29, 1.82) is 0 Å². The molecule has 1 amide bonds. The molecule has 144 valence electrons. The molecule has 0 saturated heterocycles. The van der Waals surface area contributed by atoms with Crippen LogP contribution in [0.3, 0.4) is 0 Å². The van der Waals surface area contributed by atoms with Gasteiger partial charge in [0.25, 0.3) is 5.91 Å². The van der Waals surface area contributed by atoms with Crippen molar-refractivity contribution < 1.29 is 32.3 Å². The monoisotopic (exact) mass is 382 g/mol. The molecular formula is C18H17F3N2O4. The van der Waals surface area contributed by atoms with Gasteiger partial charge < -0.3 is 19.6 Å². The summed E-state index contributed by atoms with van der Waals surface area (Å²) in [5.74, 6) is 0.261. The summed E-state index contributed by atoms with van der Waals surface area (Å²) in [6.07, 6.45) is -3.24. The van der Waals surface area contributed by atoms with E-state index in [-0.39, 0.29) is 5.69 Å². The number of halogens is 3. The van der Waals surface area contributed by atoms with E-state index in [1.54, 1.807) is 18.2 Å². The lowest BCUT2D eigenvalue weighted by Gasteiger charge is -2.13. The number of carbonyl (C=O) groups excluding carboxylic acids is 1. The maximum absolute atomic E-state index is 12.9. The quantitative estimate of drug-likeness (QED) is 0.586. The molecule has 0 radical (unpaired) electrons. The molecule has 0 aliphatic rings. The standard InChI is InChI=1S/C18H17F3N2O4/c1-25-15-8-7-12(9-16(15)26-2)10-22-27-11-17(24)23-14-6-4-3-5-13(14)18(19,20)21/h3-10H,11H2,1-2H3,(H,23,24)/b22-10-. The van der Waals surface area contributed by atoms with Gasteiger partial charge in [0.05, 0.1) is 31.7 Å². The van der Waals surface area contributed by atoms with Crippen molar-refractivity contribution in [3.8, 4) is 11.5 Å². The van der Waals surface area contributed by atoms with Crippen molar-refractivity contribution in [2.75, 3.05) is 26.1 Å². The Kier molecular flexibility index (Phi) is 6.64. The van der Waals surface area contributed by atoms with Crippen LogP contribution in [-0.2, 0) is 15.8 Å². The van der Waals surface area contributed by atoms with Gasteiger partial charge in [-0.1, -0.05) is 17.3 Å². The maximum Gasteiger partial charge on any atom is 0.418 e. The zero-order chi connectivity index (χ0) is 19.9. The fraction of sp³-hybridized carbons (Fsp3) is 0.222. The zero-order valence-electron chi connectivity index (χ0n) is 14.5. The number of benzene rings is 2. The molecule has 0 aliphatic heterocycles. The van der Waals surface area contributed by atoms with Gasteiger partial charge >= 0.3 is 6.18 Å². The van der Waals surface area contributed by atoms with E-state index in [2.05, 4.69) is 10.5 Å². The molecule has 0 aliphatic carbocycles.